The number of urea groups is 1. The first-order chi connectivity index (χ1) is 15.0. The summed E-state index contributed by atoms with van der Waals surface area (Å²) in [5.74, 6) is 0.247. The summed E-state index contributed by atoms with van der Waals surface area (Å²) in [6.45, 7) is 7.24. The number of rotatable bonds is 8. The third-order valence-electron chi connectivity index (χ3n) is 5.40. The molecule has 0 bridgehead atoms. The maximum absolute atomic E-state index is 13.1. The molecule has 0 fully saturated rings. The Balaban J connectivity index is 1.91. The van der Waals surface area contributed by atoms with Gasteiger partial charge in [-0.3, -0.25) is 4.79 Å². The van der Waals surface area contributed by atoms with Crippen LogP contribution in [0.2, 0.25) is 0 Å². The number of benzene rings is 2. The topological polar surface area (TPSA) is 88.1 Å². The summed E-state index contributed by atoms with van der Waals surface area (Å²) < 4.78 is 11.4. The number of carboxylic acids is 1. The predicted molar refractivity (Wildman–Crippen MR) is 119 cm³/mol. The minimum Gasteiger partial charge on any atom is -0.490 e. The molecule has 7 nitrogen and oxygen atoms in total. The number of hydrogen-bond donors (Lipinski definition) is 2. The monoisotopic (exact) mass is 426 g/mol. The van der Waals surface area contributed by atoms with Crippen molar-refractivity contribution in [2.75, 3.05) is 25.1 Å². The Kier molecular flexibility index (Phi) is 7.39. The fourth-order valence-corrected chi connectivity index (χ4v) is 3.89. The van der Waals surface area contributed by atoms with Gasteiger partial charge in [-0.05, 0) is 67.6 Å². The number of aliphatic carboxylic acids is 1. The van der Waals surface area contributed by atoms with Gasteiger partial charge in [-0.1, -0.05) is 19.1 Å². The van der Waals surface area contributed by atoms with Gasteiger partial charge in [0.25, 0.3) is 0 Å². The molecule has 1 aliphatic rings. The van der Waals surface area contributed by atoms with Gasteiger partial charge in [0, 0.05) is 12.2 Å². The van der Waals surface area contributed by atoms with Crippen LogP contribution in [0, 0.1) is 0 Å². The van der Waals surface area contributed by atoms with Gasteiger partial charge in [-0.15, -0.1) is 0 Å². The molecule has 0 aromatic heterocycles. The van der Waals surface area contributed by atoms with E-state index < -0.39 is 12.0 Å². The Morgan fingerprint density at radius 2 is 1.71 bits per heavy atom. The molecule has 1 atom stereocenters. The molecule has 2 amide bonds. The van der Waals surface area contributed by atoms with E-state index >= 15 is 0 Å². The van der Waals surface area contributed by atoms with Crippen LogP contribution in [0.3, 0.4) is 0 Å². The van der Waals surface area contributed by atoms with Crippen molar-refractivity contribution in [3.63, 3.8) is 0 Å². The first-order valence-corrected chi connectivity index (χ1v) is 10.8. The molecular weight excluding hydrogens is 396 g/mol. The zero-order valence-corrected chi connectivity index (χ0v) is 18.3. The number of amides is 2. The molecule has 2 aromatic rings. The number of ether oxygens (including phenoxy) is 2. The quantitative estimate of drug-likeness (QED) is 0.641. The summed E-state index contributed by atoms with van der Waals surface area (Å²) in [6.07, 6.45) is 1.35. The molecule has 0 saturated heterocycles. The summed E-state index contributed by atoms with van der Waals surface area (Å²) in [4.78, 5) is 26.3. The van der Waals surface area contributed by atoms with Crippen LogP contribution >= 0.6 is 0 Å². The number of carbonyl (C=O) groups excluding carboxylic acids is 1. The van der Waals surface area contributed by atoms with Crippen LogP contribution in [-0.4, -0.2) is 41.8 Å². The lowest BCUT2D eigenvalue weighted by atomic mass is 9.90. The van der Waals surface area contributed by atoms with E-state index in [0.717, 1.165) is 17.5 Å². The number of aryl methyl sites for hydroxylation is 1. The Morgan fingerprint density at radius 3 is 2.29 bits per heavy atom. The standard InChI is InChI=1S/C24H30N2O5/c1-4-16-7-9-18(10-8-16)25-24(29)26-12-11-17-13-21(30-5-2)22(31-6-3)14-19(17)20(26)15-23(27)28/h7-10,13-14,20H,4-6,11-12,15H2,1-3H3,(H,25,29)(H,27,28). The van der Waals surface area contributed by atoms with E-state index in [-0.39, 0.29) is 12.5 Å². The fourth-order valence-electron chi connectivity index (χ4n) is 3.89. The van der Waals surface area contributed by atoms with Crippen molar-refractivity contribution in [1.29, 1.82) is 0 Å². The van der Waals surface area contributed by atoms with Gasteiger partial charge >= 0.3 is 12.0 Å². The van der Waals surface area contributed by atoms with Crippen LogP contribution in [0.5, 0.6) is 11.5 Å². The smallest absolute Gasteiger partial charge is 0.322 e. The first kappa shape index (κ1) is 22.5. The minimum atomic E-state index is -0.963. The van der Waals surface area contributed by atoms with Gasteiger partial charge in [0.15, 0.2) is 11.5 Å². The van der Waals surface area contributed by atoms with Crippen LogP contribution in [0.1, 0.15) is 49.9 Å². The lowest BCUT2D eigenvalue weighted by Crippen LogP contribution is -2.43. The summed E-state index contributed by atoms with van der Waals surface area (Å²) in [7, 11) is 0. The van der Waals surface area contributed by atoms with Gasteiger partial charge < -0.3 is 24.8 Å². The normalized spacial score (nSPS) is 15.2. The van der Waals surface area contributed by atoms with E-state index in [1.54, 1.807) is 4.90 Å². The van der Waals surface area contributed by atoms with Crippen LogP contribution < -0.4 is 14.8 Å². The van der Waals surface area contributed by atoms with Gasteiger partial charge in [0.1, 0.15) is 0 Å². The molecule has 0 aliphatic carbocycles. The molecule has 3 rings (SSSR count). The Labute approximate surface area is 183 Å². The largest absolute Gasteiger partial charge is 0.490 e. The molecule has 2 N–H and O–H groups in total. The molecule has 1 unspecified atom stereocenters. The maximum Gasteiger partial charge on any atom is 0.322 e. The summed E-state index contributed by atoms with van der Waals surface area (Å²) in [6, 6.07) is 10.5. The predicted octanol–water partition coefficient (Wildman–Crippen LogP) is 4.65. The average Bonchev–Trinajstić information content (AvgIpc) is 2.75. The van der Waals surface area contributed by atoms with E-state index in [2.05, 4.69) is 12.2 Å². The number of carbonyl (C=O) groups is 2. The molecule has 0 spiro atoms. The third-order valence-corrected chi connectivity index (χ3v) is 5.40. The molecule has 1 heterocycles. The number of anilines is 1. The van der Waals surface area contributed by atoms with Crippen molar-refractivity contribution in [2.24, 2.45) is 0 Å². The third kappa shape index (κ3) is 5.29. The van der Waals surface area contributed by atoms with E-state index in [0.29, 0.717) is 43.4 Å². The highest BCUT2D eigenvalue weighted by Crippen LogP contribution is 2.40. The van der Waals surface area contributed by atoms with Gasteiger partial charge in [0.2, 0.25) is 0 Å². The summed E-state index contributed by atoms with van der Waals surface area (Å²) in [5, 5.41) is 12.4. The lowest BCUT2D eigenvalue weighted by Gasteiger charge is -2.37. The van der Waals surface area contributed by atoms with Crippen molar-refractivity contribution < 1.29 is 24.2 Å². The van der Waals surface area contributed by atoms with Crippen molar-refractivity contribution in [2.45, 2.75) is 46.1 Å². The molecule has 7 heteroatoms. The Hall–Kier alpha value is -3.22. The zero-order chi connectivity index (χ0) is 22.4. The lowest BCUT2D eigenvalue weighted by molar-refractivity contribution is -0.138. The first-order valence-electron chi connectivity index (χ1n) is 10.8. The second kappa shape index (κ2) is 10.2. The van der Waals surface area contributed by atoms with E-state index in [9.17, 15) is 14.7 Å². The molecule has 31 heavy (non-hydrogen) atoms. The fraction of sp³-hybridized carbons (Fsp3) is 0.417. The second-order valence-electron chi connectivity index (χ2n) is 7.40. The molecule has 0 saturated carbocycles. The number of hydrogen-bond acceptors (Lipinski definition) is 4. The zero-order valence-electron chi connectivity index (χ0n) is 18.3. The number of nitrogens with zero attached hydrogens (tertiary/aromatic N) is 1. The molecular formula is C24H30N2O5. The van der Waals surface area contributed by atoms with Crippen molar-refractivity contribution in [3.05, 3.63) is 53.1 Å². The highest BCUT2D eigenvalue weighted by Gasteiger charge is 2.34. The van der Waals surface area contributed by atoms with E-state index in [1.807, 2.05) is 50.2 Å². The average molecular weight is 427 g/mol. The van der Waals surface area contributed by atoms with Gasteiger partial charge in [-0.25, -0.2) is 4.79 Å². The summed E-state index contributed by atoms with van der Waals surface area (Å²) in [5.41, 5.74) is 3.64. The van der Waals surface area contributed by atoms with E-state index in [4.69, 9.17) is 9.47 Å². The van der Waals surface area contributed by atoms with Crippen LogP contribution in [0.4, 0.5) is 10.5 Å². The maximum atomic E-state index is 13.1. The van der Waals surface area contributed by atoms with Crippen molar-refractivity contribution in [3.8, 4) is 11.5 Å². The van der Waals surface area contributed by atoms with Crippen LogP contribution in [-0.2, 0) is 17.6 Å². The minimum absolute atomic E-state index is 0.186. The second-order valence-corrected chi connectivity index (χ2v) is 7.40. The molecule has 0 radical (unpaired) electrons. The highest BCUT2D eigenvalue weighted by molar-refractivity contribution is 5.90. The summed E-state index contributed by atoms with van der Waals surface area (Å²) >= 11 is 0. The highest BCUT2D eigenvalue weighted by atomic mass is 16.5. The van der Waals surface area contributed by atoms with Crippen LogP contribution in [0.15, 0.2) is 36.4 Å². The Morgan fingerprint density at radius 1 is 1.06 bits per heavy atom. The van der Waals surface area contributed by atoms with E-state index in [1.165, 1.54) is 5.56 Å². The molecule has 166 valence electrons. The number of nitrogens with one attached hydrogen (secondary N) is 1. The SMILES string of the molecule is CCOc1cc2c(cc1OCC)C(CC(=O)O)N(C(=O)Nc1ccc(CC)cc1)CC2. The number of fused-ring (bicyclic) bond motifs is 1. The molecule has 2 aromatic carbocycles. The Bertz CT molecular complexity index is 926. The van der Waals surface area contributed by atoms with Gasteiger partial charge in [-0.2, -0.15) is 0 Å². The van der Waals surface area contributed by atoms with Crippen LogP contribution in [0.25, 0.3) is 0 Å². The van der Waals surface area contributed by atoms with Crippen molar-refractivity contribution >= 4 is 17.7 Å². The number of carboxylic acid groups (broad SMARTS) is 1. The molecule has 1 aliphatic heterocycles. The van der Waals surface area contributed by atoms with Gasteiger partial charge in [0.05, 0.1) is 25.7 Å². The van der Waals surface area contributed by atoms with Crippen molar-refractivity contribution in [1.82, 2.24) is 4.90 Å².